The maximum absolute atomic E-state index is 11.7. The van der Waals surface area contributed by atoms with Gasteiger partial charge in [0.2, 0.25) is 0 Å². The van der Waals surface area contributed by atoms with Crippen LogP contribution in [-0.2, 0) is 14.6 Å². The highest BCUT2D eigenvalue weighted by Crippen LogP contribution is 1.98. The molecule has 0 radical (unpaired) electrons. The molecule has 0 aliphatic rings. The lowest BCUT2D eigenvalue weighted by atomic mass is 10.5. The molecule has 0 saturated carbocycles. The molecular formula is C9H18N2O5S. The number of carbonyl (C=O) groups excluding carboxylic acids is 1. The van der Waals surface area contributed by atoms with E-state index in [1.54, 1.807) is 6.92 Å². The van der Waals surface area contributed by atoms with Crippen molar-refractivity contribution >= 4 is 21.8 Å². The molecule has 17 heavy (non-hydrogen) atoms. The van der Waals surface area contributed by atoms with Crippen LogP contribution >= 0.6 is 0 Å². The van der Waals surface area contributed by atoms with Gasteiger partial charge in [0.25, 0.3) is 0 Å². The zero-order chi connectivity index (χ0) is 13.6. The van der Waals surface area contributed by atoms with E-state index in [9.17, 15) is 18.0 Å². The number of amides is 2. The van der Waals surface area contributed by atoms with Gasteiger partial charge >= 0.3 is 12.0 Å². The van der Waals surface area contributed by atoms with Gasteiger partial charge in [-0.05, 0) is 6.92 Å². The van der Waals surface area contributed by atoms with Gasteiger partial charge in [0, 0.05) is 26.4 Å². The third kappa shape index (κ3) is 6.77. The van der Waals surface area contributed by atoms with Gasteiger partial charge in [0.1, 0.15) is 16.4 Å². The van der Waals surface area contributed by atoms with Crippen molar-refractivity contribution in [2.75, 3.05) is 38.7 Å². The van der Waals surface area contributed by atoms with Crippen molar-refractivity contribution < 1.29 is 23.1 Å². The number of aliphatic carboxylic acids is 1. The molecule has 7 nitrogen and oxygen atoms in total. The average Bonchev–Trinajstić information content (AvgIpc) is 2.20. The molecule has 0 fully saturated rings. The van der Waals surface area contributed by atoms with Crippen LogP contribution in [0.25, 0.3) is 0 Å². The Morgan fingerprint density at radius 2 is 1.82 bits per heavy atom. The minimum atomic E-state index is -3.14. The minimum Gasteiger partial charge on any atom is -0.480 e. The van der Waals surface area contributed by atoms with Crippen LogP contribution in [0.2, 0.25) is 0 Å². The second-order valence-corrected chi connectivity index (χ2v) is 6.00. The van der Waals surface area contributed by atoms with Crippen molar-refractivity contribution in [3.8, 4) is 0 Å². The third-order valence-electron chi connectivity index (χ3n) is 2.10. The Labute approximate surface area is 101 Å². The summed E-state index contributed by atoms with van der Waals surface area (Å²) >= 11 is 0. The number of hydrogen-bond donors (Lipinski definition) is 1. The molecule has 0 aromatic heterocycles. The lowest BCUT2D eigenvalue weighted by Gasteiger charge is -2.25. The number of urea groups is 1. The standard InChI is InChI=1S/C9H18N2O5S/c1-4-11(7-8(12)13)9(14)10(2)5-6-17(3,15)16/h4-7H2,1-3H3,(H,12,13). The van der Waals surface area contributed by atoms with E-state index in [2.05, 4.69) is 0 Å². The van der Waals surface area contributed by atoms with Gasteiger partial charge in [-0.3, -0.25) is 4.79 Å². The first-order chi connectivity index (χ1) is 7.67. The average molecular weight is 266 g/mol. The van der Waals surface area contributed by atoms with Crippen molar-refractivity contribution in [1.82, 2.24) is 9.80 Å². The maximum Gasteiger partial charge on any atom is 0.323 e. The largest absolute Gasteiger partial charge is 0.480 e. The van der Waals surface area contributed by atoms with Gasteiger partial charge in [-0.15, -0.1) is 0 Å². The lowest BCUT2D eigenvalue weighted by molar-refractivity contribution is -0.137. The summed E-state index contributed by atoms with van der Waals surface area (Å²) in [5, 5.41) is 8.60. The maximum atomic E-state index is 11.7. The van der Waals surface area contributed by atoms with E-state index in [1.165, 1.54) is 11.9 Å². The summed E-state index contributed by atoms with van der Waals surface area (Å²) in [4.78, 5) is 24.6. The van der Waals surface area contributed by atoms with E-state index in [0.717, 1.165) is 11.2 Å². The van der Waals surface area contributed by atoms with Crippen LogP contribution in [0.3, 0.4) is 0 Å². The molecule has 1 N–H and O–H groups in total. The first kappa shape index (κ1) is 15.7. The Morgan fingerprint density at radius 3 is 2.18 bits per heavy atom. The molecule has 0 saturated heterocycles. The van der Waals surface area contributed by atoms with Crippen molar-refractivity contribution in [2.24, 2.45) is 0 Å². The molecule has 2 amide bonds. The molecule has 0 aromatic rings. The minimum absolute atomic E-state index is 0.0494. The van der Waals surface area contributed by atoms with Crippen LogP contribution in [0, 0.1) is 0 Å². The van der Waals surface area contributed by atoms with Crippen LogP contribution < -0.4 is 0 Å². The van der Waals surface area contributed by atoms with Gasteiger partial charge in [0.05, 0.1) is 5.75 Å². The van der Waals surface area contributed by atoms with E-state index in [0.29, 0.717) is 0 Å². The second kappa shape index (κ2) is 6.43. The number of rotatable bonds is 6. The van der Waals surface area contributed by atoms with Crippen LogP contribution in [0.5, 0.6) is 0 Å². The number of carboxylic acids is 1. The van der Waals surface area contributed by atoms with E-state index >= 15 is 0 Å². The zero-order valence-electron chi connectivity index (χ0n) is 10.2. The van der Waals surface area contributed by atoms with E-state index in [4.69, 9.17) is 5.11 Å². The number of carboxylic acid groups (broad SMARTS) is 1. The normalized spacial score (nSPS) is 11.0. The first-order valence-electron chi connectivity index (χ1n) is 5.07. The Morgan fingerprint density at radius 1 is 1.29 bits per heavy atom. The molecule has 0 heterocycles. The number of sulfone groups is 1. The number of carbonyl (C=O) groups is 2. The van der Waals surface area contributed by atoms with Gasteiger partial charge in [-0.25, -0.2) is 13.2 Å². The summed E-state index contributed by atoms with van der Waals surface area (Å²) in [6, 6.07) is -0.487. The molecule has 0 spiro atoms. The summed E-state index contributed by atoms with van der Waals surface area (Å²) in [5.41, 5.74) is 0. The van der Waals surface area contributed by atoms with Crippen molar-refractivity contribution in [3.05, 3.63) is 0 Å². The van der Waals surface area contributed by atoms with Gasteiger partial charge < -0.3 is 14.9 Å². The highest BCUT2D eigenvalue weighted by Gasteiger charge is 2.19. The second-order valence-electron chi connectivity index (χ2n) is 3.74. The molecule has 0 aromatic carbocycles. The van der Waals surface area contributed by atoms with Crippen molar-refractivity contribution in [1.29, 1.82) is 0 Å². The summed E-state index contributed by atoms with van der Waals surface area (Å²) in [6.45, 7) is 1.58. The van der Waals surface area contributed by atoms with Crippen LogP contribution in [0.1, 0.15) is 6.92 Å². The lowest BCUT2D eigenvalue weighted by Crippen LogP contribution is -2.44. The molecule has 0 unspecified atom stereocenters. The van der Waals surface area contributed by atoms with Gasteiger partial charge in [0.15, 0.2) is 0 Å². The van der Waals surface area contributed by atoms with Crippen LogP contribution in [0.15, 0.2) is 0 Å². The fourth-order valence-electron chi connectivity index (χ4n) is 1.12. The molecule has 0 aliphatic carbocycles. The number of nitrogens with zero attached hydrogens (tertiary/aromatic N) is 2. The first-order valence-corrected chi connectivity index (χ1v) is 7.13. The quantitative estimate of drug-likeness (QED) is 0.698. The molecule has 8 heteroatoms. The molecule has 100 valence electrons. The van der Waals surface area contributed by atoms with Gasteiger partial charge in [-0.1, -0.05) is 0 Å². The highest BCUT2D eigenvalue weighted by molar-refractivity contribution is 7.90. The van der Waals surface area contributed by atoms with Gasteiger partial charge in [-0.2, -0.15) is 0 Å². The molecule has 0 rings (SSSR count). The molecule has 0 aliphatic heterocycles. The molecule has 0 bridgehead atoms. The predicted octanol–water partition coefficient (Wildman–Crippen LogP) is -0.511. The Balaban J connectivity index is 4.41. The monoisotopic (exact) mass is 266 g/mol. The molecule has 0 atom stereocenters. The third-order valence-corrected chi connectivity index (χ3v) is 3.03. The Hall–Kier alpha value is -1.31. The molecular weight excluding hydrogens is 248 g/mol. The summed E-state index contributed by atoms with van der Waals surface area (Å²) < 4.78 is 21.9. The summed E-state index contributed by atoms with van der Waals surface area (Å²) in [5.74, 6) is -1.24. The van der Waals surface area contributed by atoms with Crippen molar-refractivity contribution in [3.63, 3.8) is 0 Å². The number of hydrogen-bond acceptors (Lipinski definition) is 4. The summed E-state index contributed by atoms with van der Waals surface area (Å²) in [6.07, 6.45) is 1.08. The predicted molar refractivity (Wildman–Crippen MR) is 62.6 cm³/mol. The number of likely N-dealkylation sites (N-methyl/N-ethyl adjacent to an activating group) is 1. The van der Waals surface area contributed by atoms with Crippen molar-refractivity contribution in [2.45, 2.75) is 6.92 Å². The van der Waals surface area contributed by atoms with E-state index in [-0.39, 0.29) is 18.8 Å². The fourth-order valence-corrected chi connectivity index (χ4v) is 1.72. The topological polar surface area (TPSA) is 95.0 Å². The van der Waals surface area contributed by atoms with E-state index < -0.39 is 28.4 Å². The van der Waals surface area contributed by atoms with E-state index in [1.807, 2.05) is 0 Å². The SMILES string of the molecule is CCN(CC(=O)O)C(=O)N(C)CCS(C)(=O)=O. The zero-order valence-corrected chi connectivity index (χ0v) is 11.0. The summed E-state index contributed by atoms with van der Waals surface area (Å²) in [7, 11) is -1.69. The van der Waals surface area contributed by atoms with Crippen LogP contribution in [0.4, 0.5) is 4.79 Å². The smallest absolute Gasteiger partial charge is 0.323 e. The Kier molecular flexibility index (Phi) is 5.94. The Bertz CT molecular complexity index is 379. The highest BCUT2D eigenvalue weighted by atomic mass is 32.2. The fraction of sp³-hybridized carbons (Fsp3) is 0.778. The van der Waals surface area contributed by atoms with Crippen LogP contribution in [-0.4, -0.2) is 74.0 Å².